The Morgan fingerprint density at radius 1 is 1.23 bits per heavy atom. The SMILES string of the molecule is CC.CC(C)c1cc(F)ccc1N. The van der Waals surface area contributed by atoms with Crippen LogP contribution in [0.5, 0.6) is 0 Å². The molecule has 0 saturated heterocycles. The van der Waals surface area contributed by atoms with Gasteiger partial charge in [-0.25, -0.2) is 4.39 Å². The lowest BCUT2D eigenvalue weighted by atomic mass is 10.0. The number of halogens is 1. The standard InChI is InChI=1S/C9H12FN.C2H6/c1-6(2)8-5-7(10)3-4-9(8)11;1-2/h3-6H,11H2,1-2H3;1-2H3. The van der Waals surface area contributed by atoms with Crippen LogP contribution in [-0.4, -0.2) is 0 Å². The molecule has 0 aliphatic carbocycles. The average Bonchev–Trinajstić information content (AvgIpc) is 2.12. The van der Waals surface area contributed by atoms with Gasteiger partial charge in [-0.3, -0.25) is 0 Å². The number of hydrogen-bond acceptors (Lipinski definition) is 1. The normalized spacial score (nSPS) is 9.38. The number of anilines is 1. The summed E-state index contributed by atoms with van der Waals surface area (Å²) in [6.07, 6.45) is 0. The van der Waals surface area contributed by atoms with E-state index in [1.807, 2.05) is 27.7 Å². The van der Waals surface area contributed by atoms with E-state index in [4.69, 9.17) is 5.73 Å². The summed E-state index contributed by atoms with van der Waals surface area (Å²) in [5.41, 5.74) is 7.17. The maximum atomic E-state index is 12.7. The van der Waals surface area contributed by atoms with E-state index >= 15 is 0 Å². The van der Waals surface area contributed by atoms with Crippen molar-refractivity contribution in [2.45, 2.75) is 33.6 Å². The van der Waals surface area contributed by atoms with Gasteiger partial charge in [0, 0.05) is 5.69 Å². The minimum atomic E-state index is -0.220. The van der Waals surface area contributed by atoms with Crippen molar-refractivity contribution < 1.29 is 4.39 Å². The molecule has 0 bridgehead atoms. The van der Waals surface area contributed by atoms with Gasteiger partial charge in [-0.2, -0.15) is 0 Å². The van der Waals surface area contributed by atoms with Crippen molar-refractivity contribution in [1.82, 2.24) is 0 Å². The molecule has 0 amide bonds. The molecule has 1 aromatic rings. The van der Waals surface area contributed by atoms with Crippen LogP contribution in [0.25, 0.3) is 0 Å². The zero-order valence-electron chi connectivity index (χ0n) is 8.76. The summed E-state index contributed by atoms with van der Waals surface area (Å²) < 4.78 is 12.7. The van der Waals surface area contributed by atoms with Crippen molar-refractivity contribution in [2.75, 3.05) is 5.73 Å². The van der Waals surface area contributed by atoms with Gasteiger partial charge in [0.15, 0.2) is 0 Å². The van der Waals surface area contributed by atoms with Crippen molar-refractivity contribution in [3.63, 3.8) is 0 Å². The van der Waals surface area contributed by atoms with Crippen molar-refractivity contribution >= 4 is 5.69 Å². The van der Waals surface area contributed by atoms with Crippen molar-refractivity contribution in [3.05, 3.63) is 29.6 Å². The second-order valence-corrected chi connectivity index (χ2v) is 2.93. The predicted octanol–water partition coefficient (Wildman–Crippen LogP) is 3.56. The van der Waals surface area contributed by atoms with Crippen molar-refractivity contribution in [1.29, 1.82) is 0 Å². The molecule has 0 saturated carbocycles. The third kappa shape index (κ3) is 3.45. The molecule has 0 aromatic heterocycles. The van der Waals surface area contributed by atoms with E-state index in [9.17, 15) is 4.39 Å². The predicted molar refractivity (Wildman–Crippen MR) is 56.2 cm³/mol. The first kappa shape index (κ1) is 11.9. The Morgan fingerprint density at radius 2 is 1.77 bits per heavy atom. The Labute approximate surface area is 79.8 Å². The van der Waals surface area contributed by atoms with Crippen LogP contribution in [0.3, 0.4) is 0 Å². The highest BCUT2D eigenvalue weighted by Gasteiger charge is 2.04. The first-order valence-corrected chi connectivity index (χ1v) is 4.66. The zero-order valence-corrected chi connectivity index (χ0v) is 8.76. The smallest absolute Gasteiger partial charge is 0.123 e. The van der Waals surface area contributed by atoms with Crippen LogP contribution < -0.4 is 5.73 Å². The molecule has 74 valence electrons. The van der Waals surface area contributed by atoms with Crippen LogP contribution in [0, 0.1) is 5.82 Å². The minimum Gasteiger partial charge on any atom is -0.398 e. The number of benzene rings is 1. The second-order valence-electron chi connectivity index (χ2n) is 2.93. The lowest BCUT2D eigenvalue weighted by Gasteiger charge is -2.08. The van der Waals surface area contributed by atoms with Gasteiger partial charge >= 0.3 is 0 Å². The molecule has 1 rings (SSSR count). The van der Waals surface area contributed by atoms with Gasteiger partial charge in [-0.1, -0.05) is 27.7 Å². The molecule has 1 nitrogen and oxygen atoms in total. The fraction of sp³-hybridized carbons (Fsp3) is 0.455. The summed E-state index contributed by atoms with van der Waals surface area (Å²) in [7, 11) is 0. The highest BCUT2D eigenvalue weighted by molar-refractivity contribution is 5.48. The third-order valence-electron chi connectivity index (χ3n) is 1.67. The molecule has 0 unspecified atom stereocenters. The fourth-order valence-corrected chi connectivity index (χ4v) is 1.05. The molecule has 0 fully saturated rings. The Balaban J connectivity index is 0.000000671. The fourth-order valence-electron chi connectivity index (χ4n) is 1.05. The maximum Gasteiger partial charge on any atom is 0.123 e. The number of nitrogens with two attached hydrogens (primary N) is 1. The summed E-state index contributed by atoms with van der Waals surface area (Å²) in [4.78, 5) is 0. The Bertz CT molecular complexity index is 256. The highest BCUT2D eigenvalue weighted by Crippen LogP contribution is 2.21. The number of hydrogen-bond donors (Lipinski definition) is 1. The van der Waals surface area contributed by atoms with Gasteiger partial charge in [0.2, 0.25) is 0 Å². The molecule has 0 atom stereocenters. The van der Waals surface area contributed by atoms with Crippen molar-refractivity contribution in [3.8, 4) is 0 Å². The highest BCUT2D eigenvalue weighted by atomic mass is 19.1. The molecular formula is C11H18FN. The largest absolute Gasteiger partial charge is 0.398 e. The van der Waals surface area contributed by atoms with Crippen molar-refractivity contribution in [2.24, 2.45) is 0 Å². The van der Waals surface area contributed by atoms with Crippen LogP contribution >= 0.6 is 0 Å². The quantitative estimate of drug-likeness (QED) is 0.662. The second kappa shape index (κ2) is 5.57. The molecule has 0 heterocycles. The Hall–Kier alpha value is -1.05. The van der Waals surface area contributed by atoms with Crippen LogP contribution in [0.15, 0.2) is 18.2 Å². The van der Waals surface area contributed by atoms with E-state index in [1.54, 1.807) is 6.07 Å². The van der Waals surface area contributed by atoms with Gasteiger partial charge in [-0.15, -0.1) is 0 Å². The molecule has 13 heavy (non-hydrogen) atoms. The minimum absolute atomic E-state index is 0.220. The summed E-state index contributed by atoms with van der Waals surface area (Å²) in [5.74, 6) is 0.0635. The molecule has 0 aliphatic rings. The lowest BCUT2D eigenvalue weighted by Crippen LogP contribution is -1.96. The van der Waals surface area contributed by atoms with Crippen LogP contribution in [0.2, 0.25) is 0 Å². The molecule has 0 radical (unpaired) electrons. The number of nitrogen functional groups attached to an aromatic ring is 1. The van der Waals surface area contributed by atoms with Gasteiger partial charge in [-0.05, 0) is 29.7 Å². The van der Waals surface area contributed by atoms with E-state index in [-0.39, 0.29) is 11.7 Å². The van der Waals surface area contributed by atoms with E-state index < -0.39 is 0 Å². The van der Waals surface area contributed by atoms with E-state index in [2.05, 4.69) is 0 Å². The molecule has 1 aromatic carbocycles. The van der Waals surface area contributed by atoms with Crippen LogP contribution in [0.4, 0.5) is 10.1 Å². The van der Waals surface area contributed by atoms with Gasteiger partial charge < -0.3 is 5.73 Å². The summed E-state index contributed by atoms with van der Waals surface area (Å²) in [6.45, 7) is 7.98. The first-order chi connectivity index (χ1) is 6.11. The zero-order chi connectivity index (χ0) is 10.4. The van der Waals surface area contributed by atoms with E-state index in [0.29, 0.717) is 5.69 Å². The van der Waals surface area contributed by atoms with Gasteiger partial charge in [0.05, 0.1) is 0 Å². The Morgan fingerprint density at radius 3 is 2.15 bits per heavy atom. The van der Waals surface area contributed by atoms with Crippen LogP contribution in [-0.2, 0) is 0 Å². The lowest BCUT2D eigenvalue weighted by molar-refractivity contribution is 0.624. The summed E-state index contributed by atoms with van der Waals surface area (Å²) >= 11 is 0. The topological polar surface area (TPSA) is 26.0 Å². The third-order valence-corrected chi connectivity index (χ3v) is 1.67. The van der Waals surface area contributed by atoms with Gasteiger partial charge in [0.25, 0.3) is 0 Å². The monoisotopic (exact) mass is 183 g/mol. The number of rotatable bonds is 1. The Kier molecular flexibility index (Phi) is 5.12. The maximum absolute atomic E-state index is 12.7. The molecule has 0 spiro atoms. The van der Waals surface area contributed by atoms with Crippen LogP contribution in [0.1, 0.15) is 39.2 Å². The molecule has 2 N–H and O–H groups in total. The van der Waals surface area contributed by atoms with E-state index in [1.165, 1.54) is 12.1 Å². The molecule has 2 heteroatoms. The molecular weight excluding hydrogens is 165 g/mol. The summed E-state index contributed by atoms with van der Waals surface area (Å²) in [5, 5.41) is 0. The first-order valence-electron chi connectivity index (χ1n) is 4.66. The van der Waals surface area contributed by atoms with Gasteiger partial charge in [0.1, 0.15) is 5.82 Å². The average molecular weight is 183 g/mol. The summed E-state index contributed by atoms with van der Waals surface area (Å²) in [6, 6.07) is 4.46. The van der Waals surface area contributed by atoms with E-state index in [0.717, 1.165) is 5.56 Å². The molecule has 0 aliphatic heterocycles.